The molecule has 1 aromatic rings. The van der Waals surface area contributed by atoms with Gasteiger partial charge in [0.25, 0.3) is 0 Å². The minimum atomic E-state index is 0. The van der Waals surface area contributed by atoms with Gasteiger partial charge < -0.3 is 5.32 Å². The van der Waals surface area contributed by atoms with Gasteiger partial charge in [0.1, 0.15) is 0 Å². The van der Waals surface area contributed by atoms with Crippen molar-refractivity contribution in [1.29, 1.82) is 0 Å². The highest BCUT2D eigenvalue weighted by Gasteiger charge is 2.09. The summed E-state index contributed by atoms with van der Waals surface area (Å²) in [6, 6.07) is 2.07. The van der Waals surface area contributed by atoms with Gasteiger partial charge in [0.2, 0.25) is 0 Å². The lowest BCUT2D eigenvalue weighted by atomic mass is 10.3. The summed E-state index contributed by atoms with van der Waals surface area (Å²) in [5, 5.41) is 6.28. The molecule has 5 heteroatoms. The van der Waals surface area contributed by atoms with E-state index in [0.717, 1.165) is 31.2 Å². The Hall–Kier alpha value is 0.200. The Bertz CT molecular complexity index is 283. The first-order valence-corrected chi connectivity index (χ1v) is 6.26. The topological polar surface area (TPSA) is 15.3 Å². The molecule has 0 aliphatic carbocycles. The third kappa shape index (κ3) is 4.29. The van der Waals surface area contributed by atoms with Crippen LogP contribution < -0.4 is 5.32 Å². The number of hydrogen-bond donors (Lipinski definition) is 1. The smallest absolute Gasteiger partial charge is 0.0516 e. The molecule has 2 rings (SSSR count). The fourth-order valence-electron chi connectivity index (χ4n) is 1.72. The van der Waals surface area contributed by atoms with E-state index >= 15 is 0 Å². The van der Waals surface area contributed by atoms with Crippen LogP contribution in [0.25, 0.3) is 0 Å². The average Bonchev–Trinajstić information content (AvgIpc) is 2.43. The zero-order valence-electron chi connectivity index (χ0n) is 8.54. The van der Waals surface area contributed by atoms with E-state index in [1.54, 1.807) is 11.3 Å². The van der Waals surface area contributed by atoms with Crippen LogP contribution >= 0.6 is 35.3 Å². The molecule has 2 nitrogen and oxygen atoms in total. The van der Waals surface area contributed by atoms with Crippen LogP contribution in [0.3, 0.4) is 0 Å². The van der Waals surface area contributed by atoms with Gasteiger partial charge in [0.05, 0.1) is 5.02 Å². The quantitative estimate of drug-likeness (QED) is 0.886. The van der Waals surface area contributed by atoms with E-state index in [9.17, 15) is 0 Å². The molecule has 0 radical (unpaired) electrons. The molecule has 86 valence electrons. The van der Waals surface area contributed by atoms with Gasteiger partial charge in [-0.05, 0) is 25.6 Å². The number of nitrogens with one attached hydrogen (secondary N) is 1. The Morgan fingerprint density at radius 2 is 2.27 bits per heavy atom. The molecule has 0 unspecified atom stereocenters. The summed E-state index contributed by atoms with van der Waals surface area (Å²) in [4.78, 5) is 3.86. The number of hydrogen-bond acceptors (Lipinski definition) is 3. The lowest BCUT2D eigenvalue weighted by Crippen LogP contribution is -2.27. The second kappa shape index (κ2) is 6.71. The Morgan fingerprint density at radius 1 is 1.40 bits per heavy atom. The van der Waals surface area contributed by atoms with Crippen LogP contribution in [-0.4, -0.2) is 31.1 Å². The van der Waals surface area contributed by atoms with Gasteiger partial charge in [-0.1, -0.05) is 11.6 Å². The summed E-state index contributed by atoms with van der Waals surface area (Å²) in [5.41, 5.74) is 0. The van der Waals surface area contributed by atoms with E-state index in [-0.39, 0.29) is 12.4 Å². The van der Waals surface area contributed by atoms with E-state index in [1.807, 2.05) is 5.38 Å². The molecule has 0 atom stereocenters. The molecule has 1 saturated heterocycles. The highest BCUT2D eigenvalue weighted by atomic mass is 35.5. The fraction of sp³-hybridized carbons (Fsp3) is 0.600. The van der Waals surface area contributed by atoms with Crippen molar-refractivity contribution in [2.75, 3.05) is 26.2 Å². The van der Waals surface area contributed by atoms with E-state index in [4.69, 9.17) is 11.6 Å². The third-order valence-corrected chi connectivity index (χ3v) is 3.70. The molecule has 1 aliphatic heterocycles. The maximum Gasteiger partial charge on any atom is 0.0516 e. The van der Waals surface area contributed by atoms with Crippen molar-refractivity contribution in [3.8, 4) is 0 Å². The maximum atomic E-state index is 5.89. The summed E-state index contributed by atoms with van der Waals surface area (Å²) in [6.45, 7) is 5.66. The highest BCUT2D eigenvalue weighted by Crippen LogP contribution is 2.20. The molecule has 1 N–H and O–H groups in total. The van der Waals surface area contributed by atoms with Gasteiger partial charge in [0.15, 0.2) is 0 Å². The van der Waals surface area contributed by atoms with Crippen molar-refractivity contribution in [3.63, 3.8) is 0 Å². The van der Waals surface area contributed by atoms with Crippen molar-refractivity contribution in [2.45, 2.75) is 13.0 Å². The first-order chi connectivity index (χ1) is 6.84. The molecule has 1 aromatic heterocycles. The Balaban J connectivity index is 0.00000112. The Labute approximate surface area is 106 Å². The number of halogens is 2. The molecular formula is C10H16Cl2N2S. The molecule has 1 fully saturated rings. The summed E-state index contributed by atoms with van der Waals surface area (Å²) in [7, 11) is 0. The van der Waals surface area contributed by atoms with Gasteiger partial charge in [-0.3, -0.25) is 4.90 Å². The highest BCUT2D eigenvalue weighted by molar-refractivity contribution is 7.10. The van der Waals surface area contributed by atoms with Crippen molar-refractivity contribution in [2.24, 2.45) is 0 Å². The van der Waals surface area contributed by atoms with Crippen LogP contribution in [0, 0.1) is 0 Å². The van der Waals surface area contributed by atoms with Gasteiger partial charge in [-0.2, -0.15) is 0 Å². The minimum Gasteiger partial charge on any atom is -0.315 e. The SMILES string of the molecule is Cl.Clc1csc(CN2CCCNCC2)c1. The second-order valence-electron chi connectivity index (χ2n) is 3.61. The number of thiophene rings is 1. The van der Waals surface area contributed by atoms with Crippen LogP contribution in [0.2, 0.25) is 5.02 Å². The molecule has 15 heavy (non-hydrogen) atoms. The zero-order chi connectivity index (χ0) is 9.80. The van der Waals surface area contributed by atoms with Crippen LogP contribution in [-0.2, 0) is 6.54 Å². The van der Waals surface area contributed by atoms with E-state index in [1.165, 1.54) is 17.8 Å². The summed E-state index contributed by atoms with van der Waals surface area (Å²) in [5.74, 6) is 0. The summed E-state index contributed by atoms with van der Waals surface area (Å²) < 4.78 is 0. The summed E-state index contributed by atoms with van der Waals surface area (Å²) in [6.07, 6.45) is 1.25. The predicted molar refractivity (Wildman–Crippen MR) is 69.3 cm³/mol. The van der Waals surface area contributed by atoms with Crippen molar-refractivity contribution in [1.82, 2.24) is 10.2 Å². The Morgan fingerprint density at radius 3 is 3.00 bits per heavy atom. The molecular weight excluding hydrogens is 251 g/mol. The normalized spacial score (nSPS) is 18.2. The lowest BCUT2D eigenvalue weighted by Gasteiger charge is -2.17. The van der Waals surface area contributed by atoms with Gasteiger partial charge >= 0.3 is 0 Å². The monoisotopic (exact) mass is 266 g/mol. The maximum absolute atomic E-state index is 5.89. The lowest BCUT2D eigenvalue weighted by molar-refractivity contribution is 0.287. The molecule has 0 saturated carbocycles. The number of nitrogens with zero attached hydrogens (tertiary/aromatic N) is 1. The van der Waals surface area contributed by atoms with Crippen molar-refractivity contribution < 1.29 is 0 Å². The standard InChI is InChI=1S/C10H15ClN2S.ClH/c11-9-6-10(14-8-9)7-13-4-1-2-12-3-5-13;/h6,8,12H,1-5,7H2;1H. The second-order valence-corrected chi connectivity index (χ2v) is 5.04. The molecule has 0 aromatic carbocycles. The summed E-state index contributed by atoms with van der Waals surface area (Å²) >= 11 is 7.65. The Kier molecular flexibility index (Phi) is 5.94. The molecule has 0 bridgehead atoms. The van der Waals surface area contributed by atoms with Crippen LogP contribution in [0.4, 0.5) is 0 Å². The zero-order valence-corrected chi connectivity index (χ0v) is 10.9. The number of rotatable bonds is 2. The first-order valence-electron chi connectivity index (χ1n) is 5.00. The molecule has 1 aliphatic rings. The molecule has 2 heterocycles. The van der Waals surface area contributed by atoms with Crippen LogP contribution in [0.15, 0.2) is 11.4 Å². The fourth-order valence-corrected chi connectivity index (χ4v) is 2.83. The van der Waals surface area contributed by atoms with Crippen molar-refractivity contribution >= 4 is 35.3 Å². The molecule has 0 spiro atoms. The predicted octanol–water partition coefficient (Wildman–Crippen LogP) is 2.62. The molecule has 0 amide bonds. The van der Waals surface area contributed by atoms with Gasteiger partial charge in [-0.25, -0.2) is 0 Å². The van der Waals surface area contributed by atoms with Gasteiger partial charge in [0, 0.05) is 29.9 Å². The van der Waals surface area contributed by atoms with E-state index in [0.29, 0.717) is 0 Å². The van der Waals surface area contributed by atoms with E-state index < -0.39 is 0 Å². The van der Waals surface area contributed by atoms with Crippen LogP contribution in [0.1, 0.15) is 11.3 Å². The van der Waals surface area contributed by atoms with E-state index in [2.05, 4.69) is 16.3 Å². The largest absolute Gasteiger partial charge is 0.315 e. The average molecular weight is 267 g/mol. The first kappa shape index (κ1) is 13.3. The third-order valence-electron chi connectivity index (χ3n) is 2.43. The van der Waals surface area contributed by atoms with Gasteiger partial charge in [-0.15, -0.1) is 23.7 Å². The van der Waals surface area contributed by atoms with Crippen LogP contribution in [0.5, 0.6) is 0 Å². The minimum absolute atomic E-state index is 0. The van der Waals surface area contributed by atoms with Crippen molar-refractivity contribution in [3.05, 3.63) is 21.3 Å².